The minimum Gasteiger partial charge on any atom is -0.478 e. The maximum atomic E-state index is 11.2. The molecular formula is C15H22N2O2. The number of carbonyl (C=O) groups is 1. The van der Waals surface area contributed by atoms with Crippen molar-refractivity contribution in [3.8, 4) is 0 Å². The Hall–Kier alpha value is -1.71. The zero-order valence-corrected chi connectivity index (χ0v) is 11.4. The lowest BCUT2D eigenvalue weighted by Crippen LogP contribution is -2.40. The summed E-state index contributed by atoms with van der Waals surface area (Å²) in [6, 6.07) is 5.78. The van der Waals surface area contributed by atoms with Crippen LogP contribution in [0, 0.1) is 0 Å². The number of nitrogen functional groups attached to an aromatic ring is 1. The number of carboxylic acid groups (broad SMARTS) is 1. The molecule has 1 aromatic carbocycles. The monoisotopic (exact) mass is 262 g/mol. The number of anilines is 2. The van der Waals surface area contributed by atoms with E-state index in [4.69, 9.17) is 10.8 Å². The summed E-state index contributed by atoms with van der Waals surface area (Å²) in [5.74, 6) is -0.955. The minimum atomic E-state index is -0.955. The summed E-state index contributed by atoms with van der Waals surface area (Å²) in [7, 11) is 0. The predicted octanol–water partition coefficient (Wildman–Crippen LogP) is 3.13. The zero-order valence-electron chi connectivity index (χ0n) is 11.4. The number of benzene rings is 1. The average Bonchev–Trinajstić information content (AvgIpc) is 2.40. The molecule has 3 N–H and O–H groups in total. The highest BCUT2D eigenvalue weighted by Gasteiger charge is 2.24. The third-order valence-corrected chi connectivity index (χ3v) is 3.87. The molecule has 0 amide bonds. The largest absolute Gasteiger partial charge is 0.478 e. The van der Waals surface area contributed by atoms with Crippen molar-refractivity contribution in [3.05, 3.63) is 23.8 Å². The smallest absolute Gasteiger partial charge is 0.337 e. The standard InChI is InChI=1S/C15H22N2O2/c1-2-6-11-7-3-4-10-17(11)13-9-5-8-12(14(13)16)15(18)19/h5,8-9,11H,2-4,6-7,10,16H2,1H3,(H,18,19). The Morgan fingerprint density at radius 3 is 2.95 bits per heavy atom. The highest BCUT2D eigenvalue weighted by Crippen LogP contribution is 2.33. The second-order valence-electron chi connectivity index (χ2n) is 5.18. The molecule has 1 aromatic rings. The van der Waals surface area contributed by atoms with Crippen molar-refractivity contribution in [1.29, 1.82) is 0 Å². The van der Waals surface area contributed by atoms with Crippen LogP contribution in [0.1, 0.15) is 49.4 Å². The molecular weight excluding hydrogens is 240 g/mol. The Balaban J connectivity index is 2.33. The van der Waals surface area contributed by atoms with E-state index in [9.17, 15) is 4.79 Å². The first-order valence-electron chi connectivity index (χ1n) is 7.03. The highest BCUT2D eigenvalue weighted by molar-refractivity contribution is 5.97. The molecule has 4 heteroatoms. The maximum Gasteiger partial charge on any atom is 0.337 e. The summed E-state index contributed by atoms with van der Waals surface area (Å²) in [6.07, 6.45) is 5.84. The Kier molecular flexibility index (Phi) is 4.30. The van der Waals surface area contributed by atoms with Crippen LogP contribution in [0.2, 0.25) is 0 Å². The van der Waals surface area contributed by atoms with Gasteiger partial charge >= 0.3 is 5.97 Å². The maximum absolute atomic E-state index is 11.2. The van der Waals surface area contributed by atoms with Crippen LogP contribution in [0.4, 0.5) is 11.4 Å². The van der Waals surface area contributed by atoms with Gasteiger partial charge in [-0.15, -0.1) is 0 Å². The molecule has 0 bridgehead atoms. The van der Waals surface area contributed by atoms with E-state index in [0.717, 1.165) is 31.5 Å². The Morgan fingerprint density at radius 2 is 2.26 bits per heavy atom. The number of rotatable bonds is 4. The van der Waals surface area contributed by atoms with E-state index in [0.29, 0.717) is 11.7 Å². The van der Waals surface area contributed by atoms with E-state index >= 15 is 0 Å². The van der Waals surface area contributed by atoms with Gasteiger partial charge in [-0.2, -0.15) is 0 Å². The first-order valence-corrected chi connectivity index (χ1v) is 7.03. The molecule has 0 radical (unpaired) electrons. The molecule has 2 rings (SSSR count). The van der Waals surface area contributed by atoms with Crippen molar-refractivity contribution in [2.45, 2.75) is 45.1 Å². The van der Waals surface area contributed by atoms with Crippen LogP contribution in [0.25, 0.3) is 0 Å². The van der Waals surface area contributed by atoms with Crippen LogP contribution in [-0.2, 0) is 0 Å². The lowest BCUT2D eigenvalue weighted by Gasteiger charge is -2.38. The van der Waals surface area contributed by atoms with E-state index in [-0.39, 0.29) is 5.56 Å². The van der Waals surface area contributed by atoms with Crippen molar-refractivity contribution in [2.24, 2.45) is 0 Å². The summed E-state index contributed by atoms with van der Waals surface area (Å²) in [6.45, 7) is 3.15. The molecule has 19 heavy (non-hydrogen) atoms. The minimum absolute atomic E-state index is 0.207. The summed E-state index contributed by atoms with van der Waals surface area (Å²) in [4.78, 5) is 13.5. The molecule has 1 saturated heterocycles. The zero-order chi connectivity index (χ0) is 13.8. The van der Waals surface area contributed by atoms with Gasteiger partial charge in [-0.05, 0) is 37.8 Å². The molecule has 1 atom stereocenters. The van der Waals surface area contributed by atoms with Crippen molar-refractivity contribution in [3.63, 3.8) is 0 Å². The molecule has 1 aliphatic rings. The van der Waals surface area contributed by atoms with Gasteiger partial charge in [0.2, 0.25) is 0 Å². The van der Waals surface area contributed by atoms with Gasteiger partial charge in [-0.3, -0.25) is 0 Å². The Labute approximate surface area is 114 Å². The number of nitrogens with two attached hydrogens (primary N) is 1. The molecule has 4 nitrogen and oxygen atoms in total. The van der Waals surface area contributed by atoms with Crippen LogP contribution in [0.5, 0.6) is 0 Å². The third-order valence-electron chi connectivity index (χ3n) is 3.87. The third kappa shape index (κ3) is 2.83. The van der Waals surface area contributed by atoms with Gasteiger partial charge in [0.25, 0.3) is 0 Å². The normalized spacial score (nSPS) is 19.4. The van der Waals surface area contributed by atoms with E-state index < -0.39 is 5.97 Å². The van der Waals surface area contributed by atoms with Gasteiger partial charge in [-0.1, -0.05) is 19.4 Å². The number of piperidine rings is 1. The van der Waals surface area contributed by atoms with E-state index in [2.05, 4.69) is 11.8 Å². The summed E-state index contributed by atoms with van der Waals surface area (Å²) < 4.78 is 0. The molecule has 0 saturated carbocycles. The number of nitrogens with zero attached hydrogens (tertiary/aromatic N) is 1. The number of carboxylic acids is 1. The fraction of sp³-hybridized carbons (Fsp3) is 0.533. The highest BCUT2D eigenvalue weighted by atomic mass is 16.4. The van der Waals surface area contributed by atoms with Crippen LogP contribution < -0.4 is 10.6 Å². The second kappa shape index (κ2) is 5.95. The first-order chi connectivity index (χ1) is 9.15. The fourth-order valence-electron chi connectivity index (χ4n) is 2.94. The predicted molar refractivity (Wildman–Crippen MR) is 77.7 cm³/mol. The molecule has 104 valence electrons. The van der Waals surface area contributed by atoms with E-state index in [1.54, 1.807) is 12.1 Å². The summed E-state index contributed by atoms with van der Waals surface area (Å²) >= 11 is 0. The van der Waals surface area contributed by atoms with Crippen LogP contribution in [0.15, 0.2) is 18.2 Å². The van der Waals surface area contributed by atoms with Crippen molar-refractivity contribution in [1.82, 2.24) is 0 Å². The molecule has 1 unspecified atom stereocenters. The van der Waals surface area contributed by atoms with Crippen LogP contribution in [0.3, 0.4) is 0 Å². The number of aromatic carboxylic acids is 1. The molecule has 1 fully saturated rings. The molecule has 0 aromatic heterocycles. The first kappa shape index (κ1) is 13.7. The molecule has 0 spiro atoms. The Bertz CT molecular complexity index is 457. The quantitative estimate of drug-likeness (QED) is 0.818. The Morgan fingerprint density at radius 1 is 1.47 bits per heavy atom. The fourth-order valence-corrected chi connectivity index (χ4v) is 2.94. The number of hydrogen-bond donors (Lipinski definition) is 2. The van der Waals surface area contributed by atoms with E-state index in [1.807, 2.05) is 6.07 Å². The van der Waals surface area contributed by atoms with Crippen molar-refractivity contribution in [2.75, 3.05) is 17.2 Å². The van der Waals surface area contributed by atoms with Gasteiger partial charge in [0.1, 0.15) is 0 Å². The summed E-state index contributed by atoms with van der Waals surface area (Å²) in [5.41, 5.74) is 7.55. The van der Waals surface area contributed by atoms with E-state index in [1.165, 1.54) is 12.8 Å². The van der Waals surface area contributed by atoms with Crippen molar-refractivity contribution >= 4 is 17.3 Å². The topological polar surface area (TPSA) is 66.6 Å². The molecule has 1 aliphatic heterocycles. The van der Waals surface area contributed by atoms with Gasteiger partial charge in [0.15, 0.2) is 0 Å². The number of hydrogen-bond acceptors (Lipinski definition) is 3. The summed E-state index contributed by atoms with van der Waals surface area (Å²) in [5, 5.41) is 9.16. The lowest BCUT2D eigenvalue weighted by molar-refractivity contribution is 0.0698. The second-order valence-corrected chi connectivity index (χ2v) is 5.18. The van der Waals surface area contributed by atoms with Gasteiger partial charge in [-0.25, -0.2) is 4.79 Å². The number of para-hydroxylation sites is 1. The van der Waals surface area contributed by atoms with Gasteiger partial charge in [0.05, 0.1) is 16.9 Å². The molecule has 0 aliphatic carbocycles. The van der Waals surface area contributed by atoms with Crippen LogP contribution in [-0.4, -0.2) is 23.7 Å². The van der Waals surface area contributed by atoms with Gasteiger partial charge < -0.3 is 15.7 Å². The average molecular weight is 262 g/mol. The lowest BCUT2D eigenvalue weighted by atomic mass is 9.96. The van der Waals surface area contributed by atoms with Crippen LogP contribution >= 0.6 is 0 Å². The SMILES string of the molecule is CCCC1CCCCN1c1cccc(C(=O)O)c1N. The van der Waals surface area contributed by atoms with Gasteiger partial charge in [0, 0.05) is 12.6 Å². The van der Waals surface area contributed by atoms with Crippen molar-refractivity contribution < 1.29 is 9.90 Å². The molecule has 1 heterocycles.